The van der Waals surface area contributed by atoms with Gasteiger partial charge in [-0.2, -0.15) is 8.75 Å². The molecule has 0 saturated heterocycles. The molecule has 3 aromatic carbocycles. The highest BCUT2D eigenvalue weighted by atomic mass is 35.5. The number of sulfonamides is 1. The average molecular weight is 620 g/mol. The van der Waals surface area contributed by atoms with Crippen LogP contribution in [-0.4, -0.2) is 40.2 Å². The largest absolute Gasteiger partial charge is 0.480 e. The average Bonchev–Trinajstić information content (AvgIpc) is 3.31. The summed E-state index contributed by atoms with van der Waals surface area (Å²) in [6.07, 6.45) is -0.126. The van der Waals surface area contributed by atoms with E-state index in [1.54, 1.807) is 12.1 Å². The fraction of sp³-hybridized carbons (Fsp3) is 0.0909. The Balaban J connectivity index is 1.66. The molecular formula is C22H14Cl4N4O5S2. The summed E-state index contributed by atoms with van der Waals surface area (Å²) < 4.78 is 36.8. The summed E-state index contributed by atoms with van der Waals surface area (Å²) in [6, 6.07) is 9.91. The Labute approximate surface area is 234 Å². The Bertz CT molecular complexity index is 1650. The van der Waals surface area contributed by atoms with Gasteiger partial charge in [-0.25, -0.2) is 13.2 Å². The molecule has 15 heteroatoms. The quantitative estimate of drug-likeness (QED) is 0.236. The van der Waals surface area contributed by atoms with Crippen molar-refractivity contribution in [2.75, 3.05) is 4.72 Å². The maximum Gasteiger partial charge on any atom is 0.326 e. The van der Waals surface area contributed by atoms with Gasteiger partial charge in [-0.1, -0.05) is 58.5 Å². The van der Waals surface area contributed by atoms with Crippen molar-refractivity contribution in [2.45, 2.75) is 17.4 Å². The molecule has 0 bridgehead atoms. The molecule has 0 aliphatic rings. The summed E-state index contributed by atoms with van der Waals surface area (Å²) in [5, 5.41) is 12.5. The number of amides is 1. The number of carbonyl (C=O) groups is 2. The fourth-order valence-electron chi connectivity index (χ4n) is 3.36. The molecule has 0 radical (unpaired) electrons. The molecule has 0 aliphatic carbocycles. The van der Waals surface area contributed by atoms with Gasteiger partial charge in [0, 0.05) is 6.42 Å². The van der Waals surface area contributed by atoms with Crippen LogP contribution >= 0.6 is 58.1 Å². The number of rotatable bonds is 8. The first-order chi connectivity index (χ1) is 17.5. The highest BCUT2D eigenvalue weighted by Gasteiger charge is 2.27. The van der Waals surface area contributed by atoms with Crippen molar-refractivity contribution >= 4 is 96.8 Å². The first-order valence-corrected chi connectivity index (χ1v) is 13.9. The van der Waals surface area contributed by atoms with Crippen molar-refractivity contribution in [3.8, 4) is 0 Å². The summed E-state index contributed by atoms with van der Waals surface area (Å²) in [4.78, 5) is 24.9. The maximum absolute atomic E-state index is 13.2. The van der Waals surface area contributed by atoms with Gasteiger partial charge in [0.25, 0.3) is 15.9 Å². The lowest BCUT2D eigenvalue weighted by atomic mass is 10.0. The highest BCUT2D eigenvalue weighted by Crippen LogP contribution is 2.32. The first-order valence-electron chi connectivity index (χ1n) is 10.2. The van der Waals surface area contributed by atoms with E-state index >= 15 is 0 Å². The molecule has 0 fully saturated rings. The number of carboxylic acids is 1. The van der Waals surface area contributed by atoms with Crippen molar-refractivity contribution in [2.24, 2.45) is 0 Å². The second-order valence-electron chi connectivity index (χ2n) is 7.62. The predicted octanol–water partition coefficient (Wildman–Crippen LogP) is 5.53. The molecule has 1 amide bonds. The van der Waals surface area contributed by atoms with E-state index in [-0.39, 0.29) is 48.2 Å². The number of nitrogens with one attached hydrogen (secondary N) is 2. The zero-order valence-corrected chi connectivity index (χ0v) is 22.9. The lowest BCUT2D eigenvalue weighted by Crippen LogP contribution is -2.42. The molecule has 0 aliphatic heterocycles. The van der Waals surface area contributed by atoms with Crippen molar-refractivity contribution in [1.29, 1.82) is 0 Å². The lowest BCUT2D eigenvalue weighted by molar-refractivity contribution is -0.139. The summed E-state index contributed by atoms with van der Waals surface area (Å²) >= 11 is 25.0. The second-order valence-corrected chi connectivity index (χ2v) is 11.4. The molecule has 1 heterocycles. The molecule has 9 nitrogen and oxygen atoms in total. The fourth-order valence-corrected chi connectivity index (χ4v) is 5.84. The molecule has 1 atom stereocenters. The van der Waals surface area contributed by atoms with Crippen LogP contribution < -0.4 is 10.0 Å². The zero-order chi connectivity index (χ0) is 26.9. The molecular weight excluding hydrogens is 606 g/mol. The molecule has 4 rings (SSSR count). The minimum Gasteiger partial charge on any atom is -0.480 e. The number of halogens is 4. The topological polar surface area (TPSA) is 138 Å². The van der Waals surface area contributed by atoms with Crippen LogP contribution in [0.25, 0.3) is 11.0 Å². The van der Waals surface area contributed by atoms with Crippen LogP contribution in [0.5, 0.6) is 0 Å². The van der Waals surface area contributed by atoms with E-state index in [1.165, 1.54) is 24.3 Å². The summed E-state index contributed by atoms with van der Waals surface area (Å²) in [6.45, 7) is 0. The van der Waals surface area contributed by atoms with Crippen LogP contribution in [0.1, 0.15) is 15.9 Å². The number of benzene rings is 3. The minimum absolute atomic E-state index is 0.0324. The first kappa shape index (κ1) is 27.4. The van der Waals surface area contributed by atoms with Gasteiger partial charge in [0.15, 0.2) is 0 Å². The van der Waals surface area contributed by atoms with E-state index < -0.39 is 27.9 Å². The number of fused-ring (bicyclic) bond motifs is 1. The van der Waals surface area contributed by atoms with Gasteiger partial charge in [0.1, 0.15) is 22.0 Å². The third kappa shape index (κ3) is 6.08. The van der Waals surface area contributed by atoms with Crippen LogP contribution in [0.3, 0.4) is 0 Å². The number of aromatic nitrogens is 2. The number of nitrogens with zero attached hydrogens (tertiary/aromatic N) is 2. The van der Waals surface area contributed by atoms with Crippen molar-refractivity contribution in [3.05, 3.63) is 79.7 Å². The molecule has 37 heavy (non-hydrogen) atoms. The summed E-state index contributed by atoms with van der Waals surface area (Å²) in [5.74, 6) is -2.23. The van der Waals surface area contributed by atoms with Crippen molar-refractivity contribution in [3.63, 3.8) is 0 Å². The number of carboxylic acid groups (broad SMARTS) is 1. The molecule has 0 spiro atoms. The molecule has 3 N–H and O–H groups in total. The van der Waals surface area contributed by atoms with E-state index in [4.69, 9.17) is 46.4 Å². The van der Waals surface area contributed by atoms with Gasteiger partial charge in [0.05, 0.1) is 43.1 Å². The van der Waals surface area contributed by atoms with E-state index in [0.29, 0.717) is 11.1 Å². The Kier molecular flexibility index (Phi) is 8.12. The van der Waals surface area contributed by atoms with Crippen LogP contribution in [0, 0.1) is 0 Å². The standard InChI is InChI=1S/C22H14Cl4N4O5S2/c23-12-5-4-10(6-13(12)24)7-18(22(32)33)27-21(31)11-8-14(25)15(26)9-17(11)30-37(34,35)19-3-1-2-16-20(19)29-36-28-16/h1-6,8-9,18,30H,7H2,(H,27,31)(H,32,33)/t18-/m0/s1. The van der Waals surface area contributed by atoms with Crippen LogP contribution in [-0.2, 0) is 21.2 Å². The Morgan fingerprint density at radius 2 is 1.65 bits per heavy atom. The molecule has 4 aromatic rings. The van der Waals surface area contributed by atoms with E-state index in [9.17, 15) is 23.1 Å². The van der Waals surface area contributed by atoms with Crippen LogP contribution in [0.2, 0.25) is 20.1 Å². The van der Waals surface area contributed by atoms with Crippen molar-refractivity contribution < 1.29 is 23.1 Å². The van der Waals surface area contributed by atoms with Gasteiger partial charge in [-0.15, -0.1) is 0 Å². The zero-order valence-electron chi connectivity index (χ0n) is 18.2. The monoisotopic (exact) mass is 618 g/mol. The predicted molar refractivity (Wildman–Crippen MR) is 144 cm³/mol. The summed E-state index contributed by atoms with van der Waals surface area (Å²) in [5.41, 5.74) is 0.569. The normalized spacial score (nSPS) is 12.3. The van der Waals surface area contributed by atoms with E-state index in [2.05, 4.69) is 18.8 Å². The SMILES string of the molecule is O=C(N[C@@H](Cc1ccc(Cl)c(Cl)c1)C(=O)O)c1cc(Cl)c(Cl)cc1NS(=O)(=O)c1cccc2nsnc12. The number of hydrogen-bond donors (Lipinski definition) is 3. The lowest BCUT2D eigenvalue weighted by Gasteiger charge is -2.18. The molecule has 0 saturated carbocycles. The maximum atomic E-state index is 13.2. The Morgan fingerprint density at radius 3 is 2.35 bits per heavy atom. The van der Waals surface area contributed by atoms with Gasteiger partial charge >= 0.3 is 5.97 Å². The molecule has 1 aromatic heterocycles. The number of anilines is 1. The Morgan fingerprint density at radius 1 is 0.946 bits per heavy atom. The van der Waals surface area contributed by atoms with Crippen LogP contribution in [0.15, 0.2) is 53.4 Å². The van der Waals surface area contributed by atoms with Gasteiger partial charge < -0.3 is 10.4 Å². The number of aliphatic carboxylic acids is 1. The van der Waals surface area contributed by atoms with Crippen molar-refractivity contribution in [1.82, 2.24) is 14.1 Å². The van der Waals surface area contributed by atoms with E-state index in [1.807, 2.05) is 0 Å². The smallest absolute Gasteiger partial charge is 0.326 e. The third-order valence-electron chi connectivity index (χ3n) is 5.12. The summed E-state index contributed by atoms with van der Waals surface area (Å²) in [7, 11) is -4.27. The number of hydrogen-bond acceptors (Lipinski definition) is 7. The highest BCUT2D eigenvalue weighted by molar-refractivity contribution is 7.93. The second kappa shape index (κ2) is 11.0. The van der Waals surface area contributed by atoms with Gasteiger partial charge in [-0.05, 0) is 42.0 Å². The number of carbonyl (C=O) groups excluding carboxylic acids is 1. The third-order valence-corrected chi connectivity index (χ3v) is 8.52. The molecule has 192 valence electrons. The molecule has 0 unspecified atom stereocenters. The Hall–Kier alpha value is -2.67. The minimum atomic E-state index is -4.27. The van der Waals surface area contributed by atoms with Crippen LogP contribution in [0.4, 0.5) is 5.69 Å². The van der Waals surface area contributed by atoms with E-state index in [0.717, 1.165) is 23.9 Å². The van der Waals surface area contributed by atoms with Gasteiger partial charge in [-0.3, -0.25) is 9.52 Å². The van der Waals surface area contributed by atoms with Gasteiger partial charge in [0.2, 0.25) is 0 Å².